The maximum Gasteiger partial charge on any atom is 0.265 e. The van der Waals surface area contributed by atoms with Crippen LogP contribution in [-0.2, 0) is 4.79 Å². The van der Waals surface area contributed by atoms with E-state index in [9.17, 15) is 9.59 Å². The number of rotatable bonds is 6. The minimum Gasteiger partial charge on any atom is -0.344 e. The van der Waals surface area contributed by atoms with Gasteiger partial charge in [-0.05, 0) is 19.9 Å². The molecule has 7 nitrogen and oxygen atoms in total. The monoisotopic (exact) mass is 353 g/mol. The van der Waals surface area contributed by atoms with Gasteiger partial charge in [0.2, 0.25) is 5.91 Å². The van der Waals surface area contributed by atoms with E-state index in [0.29, 0.717) is 22.2 Å². The molecule has 2 rings (SSSR count). The number of carbonyl (C=O) groups is 2. The van der Waals surface area contributed by atoms with Crippen LogP contribution in [0.25, 0.3) is 0 Å². The molecule has 1 fully saturated rings. The highest BCUT2D eigenvalue weighted by Crippen LogP contribution is 2.23. The molecular weight excluding hydrogens is 326 g/mol. The Morgan fingerprint density at radius 3 is 2.42 bits per heavy atom. The largest absolute Gasteiger partial charge is 0.344 e. The number of nitrogens with zero attached hydrogens (tertiary/aromatic N) is 4. The zero-order valence-corrected chi connectivity index (χ0v) is 15.8. The Hall–Kier alpha value is -1.51. The van der Waals surface area contributed by atoms with Crippen LogP contribution in [0.5, 0.6) is 0 Å². The maximum absolute atomic E-state index is 12.2. The number of amides is 2. The lowest BCUT2D eigenvalue weighted by Gasteiger charge is -2.33. The highest BCUT2D eigenvalue weighted by atomic mass is 32.1. The first kappa shape index (κ1) is 18.8. The van der Waals surface area contributed by atoms with Crippen LogP contribution in [0.15, 0.2) is 0 Å². The van der Waals surface area contributed by atoms with Crippen LogP contribution < -0.4 is 5.32 Å². The second kappa shape index (κ2) is 8.55. The normalized spacial score (nSPS) is 16.2. The van der Waals surface area contributed by atoms with E-state index in [1.54, 1.807) is 21.0 Å². The lowest BCUT2D eigenvalue weighted by molar-refractivity contribution is -0.117. The van der Waals surface area contributed by atoms with Gasteiger partial charge in [0.25, 0.3) is 5.91 Å². The summed E-state index contributed by atoms with van der Waals surface area (Å²) in [5.41, 5.74) is 0.655. The minimum absolute atomic E-state index is 0.0726. The van der Waals surface area contributed by atoms with E-state index in [1.165, 1.54) is 16.2 Å². The molecular formula is C16H27N5O2S. The van der Waals surface area contributed by atoms with Gasteiger partial charge in [0.05, 0.1) is 12.2 Å². The standard InChI is InChI=1S/C16H27N5O2S/c1-5-6-20-7-9-21(10-8-20)11-13(22)18-16-17-12(2)14(24-16)15(23)19(3)4/h5-11H2,1-4H3,(H,17,18,22). The average Bonchev–Trinajstić information content (AvgIpc) is 2.88. The van der Waals surface area contributed by atoms with Gasteiger partial charge in [-0.25, -0.2) is 4.98 Å². The molecule has 0 spiro atoms. The maximum atomic E-state index is 12.2. The van der Waals surface area contributed by atoms with Crippen molar-refractivity contribution in [2.75, 3.05) is 58.7 Å². The van der Waals surface area contributed by atoms with E-state index in [1.807, 2.05) is 0 Å². The molecule has 134 valence electrons. The molecule has 0 aliphatic carbocycles. The molecule has 0 radical (unpaired) electrons. The van der Waals surface area contributed by atoms with Gasteiger partial charge < -0.3 is 15.1 Å². The number of thiazole rings is 1. The van der Waals surface area contributed by atoms with Gasteiger partial charge >= 0.3 is 0 Å². The first-order valence-corrected chi connectivity index (χ1v) is 9.16. The van der Waals surface area contributed by atoms with Crippen molar-refractivity contribution >= 4 is 28.3 Å². The summed E-state index contributed by atoms with van der Waals surface area (Å²) in [4.78, 5) is 35.2. The van der Waals surface area contributed by atoms with Crippen LogP contribution >= 0.6 is 11.3 Å². The molecule has 24 heavy (non-hydrogen) atoms. The second-order valence-corrected chi connectivity index (χ2v) is 7.30. The fraction of sp³-hybridized carbons (Fsp3) is 0.688. The van der Waals surface area contributed by atoms with Crippen molar-refractivity contribution in [3.8, 4) is 0 Å². The predicted molar refractivity (Wildman–Crippen MR) is 96.7 cm³/mol. The van der Waals surface area contributed by atoms with Gasteiger partial charge in [-0.1, -0.05) is 18.3 Å². The molecule has 1 aliphatic heterocycles. The minimum atomic E-state index is -0.0856. The van der Waals surface area contributed by atoms with Crippen LogP contribution in [0.4, 0.5) is 5.13 Å². The topological polar surface area (TPSA) is 68.8 Å². The number of piperazine rings is 1. The van der Waals surface area contributed by atoms with E-state index in [0.717, 1.165) is 39.1 Å². The van der Waals surface area contributed by atoms with Crippen molar-refractivity contribution in [3.05, 3.63) is 10.6 Å². The van der Waals surface area contributed by atoms with Crippen LogP contribution in [0, 0.1) is 6.92 Å². The third kappa shape index (κ3) is 4.99. The molecule has 0 saturated carbocycles. The van der Waals surface area contributed by atoms with E-state index in [-0.39, 0.29) is 11.8 Å². The lowest BCUT2D eigenvalue weighted by Crippen LogP contribution is -2.48. The summed E-state index contributed by atoms with van der Waals surface area (Å²) in [5.74, 6) is -0.158. The molecule has 0 atom stereocenters. The second-order valence-electron chi connectivity index (χ2n) is 6.30. The first-order valence-electron chi connectivity index (χ1n) is 8.34. The summed E-state index contributed by atoms with van der Waals surface area (Å²) in [5, 5.41) is 3.32. The van der Waals surface area contributed by atoms with Crippen LogP contribution in [0.1, 0.15) is 28.7 Å². The number of hydrogen-bond acceptors (Lipinski definition) is 6. The fourth-order valence-corrected chi connectivity index (χ4v) is 3.70. The molecule has 1 aromatic heterocycles. The zero-order chi connectivity index (χ0) is 17.7. The van der Waals surface area contributed by atoms with Crippen LogP contribution in [0.3, 0.4) is 0 Å². The van der Waals surface area contributed by atoms with E-state index in [2.05, 4.69) is 27.0 Å². The molecule has 0 aromatic carbocycles. The van der Waals surface area contributed by atoms with Crippen LogP contribution in [0.2, 0.25) is 0 Å². The Bertz CT molecular complexity index is 579. The Morgan fingerprint density at radius 2 is 1.83 bits per heavy atom. The van der Waals surface area contributed by atoms with Gasteiger partial charge in [-0.15, -0.1) is 0 Å². The summed E-state index contributed by atoms with van der Waals surface area (Å²) < 4.78 is 0. The van der Waals surface area contributed by atoms with Crippen molar-refractivity contribution in [1.82, 2.24) is 19.7 Å². The van der Waals surface area contributed by atoms with Gasteiger partial charge in [0, 0.05) is 40.3 Å². The summed E-state index contributed by atoms with van der Waals surface area (Å²) in [6.07, 6.45) is 1.16. The molecule has 0 unspecified atom stereocenters. The van der Waals surface area contributed by atoms with Gasteiger partial charge in [0.1, 0.15) is 4.88 Å². The molecule has 2 heterocycles. The van der Waals surface area contributed by atoms with E-state index < -0.39 is 0 Å². The quantitative estimate of drug-likeness (QED) is 0.830. The highest BCUT2D eigenvalue weighted by Gasteiger charge is 2.21. The Morgan fingerprint density at radius 1 is 1.21 bits per heavy atom. The Kier molecular flexibility index (Phi) is 6.70. The molecule has 1 aromatic rings. The molecule has 8 heteroatoms. The van der Waals surface area contributed by atoms with Crippen molar-refractivity contribution in [2.24, 2.45) is 0 Å². The third-order valence-corrected chi connectivity index (χ3v) is 5.08. The number of anilines is 1. The molecule has 1 saturated heterocycles. The number of aryl methyl sites for hydroxylation is 1. The smallest absolute Gasteiger partial charge is 0.265 e. The Balaban J connectivity index is 1.85. The van der Waals surface area contributed by atoms with Gasteiger partial charge in [-0.2, -0.15) is 0 Å². The Labute approximate surface area is 147 Å². The van der Waals surface area contributed by atoms with E-state index >= 15 is 0 Å². The number of carbonyl (C=O) groups excluding carboxylic acids is 2. The number of hydrogen-bond donors (Lipinski definition) is 1. The zero-order valence-electron chi connectivity index (χ0n) is 15.0. The summed E-state index contributed by atoms with van der Waals surface area (Å²) >= 11 is 1.23. The molecule has 2 amide bonds. The van der Waals surface area contributed by atoms with Crippen molar-refractivity contribution < 1.29 is 9.59 Å². The van der Waals surface area contributed by atoms with Crippen molar-refractivity contribution in [2.45, 2.75) is 20.3 Å². The predicted octanol–water partition coefficient (Wildman–Crippen LogP) is 1.12. The third-order valence-electron chi connectivity index (χ3n) is 4.02. The molecule has 0 bridgehead atoms. The van der Waals surface area contributed by atoms with Crippen molar-refractivity contribution in [3.63, 3.8) is 0 Å². The summed E-state index contributed by atoms with van der Waals surface area (Å²) in [6, 6.07) is 0. The van der Waals surface area contributed by atoms with Gasteiger partial charge in [-0.3, -0.25) is 14.5 Å². The van der Waals surface area contributed by atoms with E-state index in [4.69, 9.17) is 0 Å². The van der Waals surface area contributed by atoms with Gasteiger partial charge in [0.15, 0.2) is 5.13 Å². The first-order chi connectivity index (χ1) is 11.4. The summed E-state index contributed by atoms with van der Waals surface area (Å²) in [6.45, 7) is 9.32. The lowest BCUT2D eigenvalue weighted by atomic mass is 10.3. The highest BCUT2D eigenvalue weighted by molar-refractivity contribution is 7.17. The number of aromatic nitrogens is 1. The van der Waals surface area contributed by atoms with Crippen molar-refractivity contribution in [1.29, 1.82) is 0 Å². The molecule has 1 aliphatic rings. The number of nitrogens with one attached hydrogen (secondary N) is 1. The SMILES string of the molecule is CCCN1CCN(CC(=O)Nc2nc(C)c(C(=O)N(C)C)s2)CC1. The average molecular weight is 353 g/mol. The van der Waals surface area contributed by atoms with Crippen LogP contribution in [-0.4, -0.2) is 84.9 Å². The molecule has 1 N–H and O–H groups in total. The fourth-order valence-electron chi connectivity index (χ4n) is 2.70. The summed E-state index contributed by atoms with van der Waals surface area (Å²) in [7, 11) is 3.41.